The van der Waals surface area contributed by atoms with Crippen molar-refractivity contribution < 1.29 is 0 Å². The number of hydrogen-bond donors (Lipinski definition) is 0. The van der Waals surface area contributed by atoms with E-state index in [9.17, 15) is 0 Å². The molecule has 0 aliphatic heterocycles. The van der Waals surface area contributed by atoms with Crippen LogP contribution in [0.25, 0.3) is 5.70 Å². The normalized spacial score (nSPS) is 14.6. The second-order valence-corrected chi connectivity index (χ2v) is 5.53. The van der Waals surface area contributed by atoms with Gasteiger partial charge in [0, 0.05) is 12.4 Å². The van der Waals surface area contributed by atoms with Crippen molar-refractivity contribution >= 4 is 18.1 Å². The van der Waals surface area contributed by atoms with E-state index in [4.69, 9.17) is 5.26 Å². The summed E-state index contributed by atoms with van der Waals surface area (Å²) in [7, 11) is 0. The first-order valence-electron chi connectivity index (χ1n) is 7.59. The third-order valence-electron chi connectivity index (χ3n) is 4.09. The Morgan fingerprint density at radius 3 is 2.27 bits per heavy atom. The molecular formula is C18H20ClN3. The van der Waals surface area contributed by atoms with Crippen LogP contribution in [-0.4, -0.2) is 9.55 Å². The molecule has 1 aliphatic rings. The van der Waals surface area contributed by atoms with Gasteiger partial charge in [0.15, 0.2) is 0 Å². The quantitative estimate of drug-likeness (QED) is 0.748. The Labute approximate surface area is 137 Å². The highest BCUT2D eigenvalue weighted by Crippen LogP contribution is 2.31. The number of nitriles is 1. The minimum absolute atomic E-state index is 0. The molecule has 1 aliphatic carbocycles. The molecule has 1 fully saturated rings. The second-order valence-electron chi connectivity index (χ2n) is 5.53. The van der Waals surface area contributed by atoms with Crippen molar-refractivity contribution in [1.82, 2.24) is 9.55 Å². The summed E-state index contributed by atoms with van der Waals surface area (Å²) < 4.78 is 2.11. The molecular weight excluding hydrogens is 294 g/mol. The SMILES string of the molecule is Cl.N#Cc1ccc(C(=C2CCCCCC2)n2ccnc2)cc1. The van der Waals surface area contributed by atoms with E-state index in [0.717, 1.165) is 12.8 Å². The maximum absolute atomic E-state index is 8.96. The predicted molar refractivity (Wildman–Crippen MR) is 90.7 cm³/mol. The molecule has 0 unspecified atom stereocenters. The van der Waals surface area contributed by atoms with Crippen LogP contribution in [0.5, 0.6) is 0 Å². The van der Waals surface area contributed by atoms with Gasteiger partial charge in [0.25, 0.3) is 0 Å². The van der Waals surface area contributed by atoms with Gasteiger partial charge in [-0.15, -0.1) is 12.4 Å². The molecule has 0 spiro atoms. The predicted octanol–water partition coefficient (Wildman–Crippen LogP) is 4.79. The summed E-state index contributed by atoms with van der Waals surface area (Å²) in [6, 6.07) is 10.1. The number of nitrogens with zero attached hydrogens (tertiary/aromatic N) is 3. The highest BCUT2D eigenvalue weighted by molar-refractivity contribution is 5.85. The number of imidazole rings is 1. The van der Waals surface area contributed by atoms with Gasteiger partial charge < -0.3 is 4.57 Å². The summed E-state index contributed by atoms with van der Waals surface area (Å²) in [6.45, 7) is 0. The Morgan fingerprint density at radius 2 is 1.73 bits per heavy atom. The van der Waals surface area contributed by atoms with Crippen LogP contribution in [0.2, 0.25) is 0 Å². The summed E-state index contributed by atoms with van der Waals surface area (Å²) in [5.41, 5.74) is 4.63. The lowest BCUT2D eigenvalue weighted by molar-refractivity contribution is 0.702. The van der Waals surface area contributed by atoms with Gasteiger partial charge in [0.05, 0.1) is 23.7 Å². The van der Waals surface area contributed by atoms with Crippen molar-refractivity contribution in [3.8, 4) is 6.07 Å². The first-order chi connectivity index (χ1) is 10.4. The lowest BCUT2D eigenvalue weighted by Gasteiger charge is -2.15. The van der Waals surface area contributed by atoms with Crippen LogP contribution >= 0.6 is 12.4 Å². The van der Waals surface area contributed by atoms with Gasteiger partial charge in [0.2, 0.25) is 0 Å². The molecule has 0 radical (unpaired) electrons. The van der Waals surface area contributed by atoms with Crippen LogP contribution in [0.1, 0.15) is 49.7 Å². The van der Waals surface area contributed by atoms with Crippen LogP contribution in [0, 0.1) is 11.3 Å². The monoisotopic (exact) mass is 313 g/mol. The summed E-state index contributed by atoms with van der Waals surface area (Å²) in [5.74, 6) is 0. The van der Waals surface area contributed by atoms with E-state index in [1.807, 2.05) is 43.0 Å². The van der Waals surface area contributed by atoms with E-state index >= 15 is 0 Å². The van der Waals surface area contributed by atoms with Crippen LogP contribution < -0.4 is 0 Å². The molecule has 3 rings (SSSR count). The van der Waals surface area contributed by atoms with Gasteiger partial charge >= 0.3 is 0 Å². The topological polar surface area (TPSA) is 41.6 Å². The molecule has 0 saturated heterocycles. The Bertz CT molecular complexity index is 653. The maximum Gasteiger partial charge on any atom is 0.0991 e. The first kappa shape index (κ1) is 16.3. The van der Waals surface area contributed by atoms with Crippen molar-refractivity contribution in [2.45, 2.75) is 38.5 Å². The first-order valence-corrected chi connectivity index (χ1v) is 7.59. The average Bonchev–Trinajstić information content (AvgIpc) is 2.91. The highest BCUT2D eigenvalue weighted by Gasteiger charge is 2.13. The van der Waals surface area contributed by atoms with E-state index in [0.29, 0.717) is 5.56 Å². The van der Waals surface area contributed by atoms with E-state index in [1.54, 1.807) is 0 Å². The smallest absolute Gasteiger partial charge is 0.0991 e. The molecule has 0 bridgehead atoms. The van der Waals surface area contributed by atoms with Crippen LogP contribution in [0.15, 0.2) is 48.6 Å². The lowest BCUT2D eigenvalue weighted by atomic mass is 9.99. The molecule has 1 aromatic carbocycles. The molecule has 1 aromatic heterocycles. The van der Waals surface area contributed by atoms with Crippen molar-refractivity contribution in [2.75, 3.05) is 0 Å². The molecule has 0 atom stereocenters. The van der Waals surface area contributed by atoms with Crippen molar-refractivity contribution in [3.05, 3.63) is 59.7 Å². The van der Waals surface area contributed by atoms with E-state index in [2.05, 4.69) is 15.6 Å². The number of aromatic nitrogens is 2. The fraction of sp³-hybridized carbons (Fsp3) is 0.333. The standard InChI is InChI=1S/C18H19N3.ClH/c19-13-15-7-9-17(10-8-15)18(21-12-11-20-14-21)16-5-3-1-2-4-6-16;/h7-12,14H,1-6H2;1H. The Morgan fingerprint density at radius 1 is 1.05 bits per heavy atom. The van der Waals surface area contributed by atoms with Gasteiger partial charge in [0.1, 0.15) is 0 Å². The largest absolute Gasteiger partial charge is 0.306 e. The Balaban J connectivity index is 0.00000176. The molecule has 3 nitrogen and oxygen atoms in total. The minimum atomic E-state index is 0. The fourth-order valence-corrected chi connectivity index (χ4v) is 3.02. The van der Waals surface area contributed by atoms with Crippen molar-refractivity contribution in [3.63, 3.8) is 0 Å². The third-order valence-corrected chi connectivity index (χ3v) is 4.09. The maximum atomic E-state index is 8.96. The molecule has 0 amide bonds. The Hall–Kier alpha value is -2.05. The summed E-state index contributed by atoms with van der Waals surface area (Å²) in [4.78, 5) is 4.20. The number of allylic oxidation sites excluding steroid dienone is 1. The van der Waals surface area contributed by atoms with Gasteiger partial charge in [-0.05, 0) is 49.0 Å². The van der Waals surface area contributed by atoms with Gasteiger partial charge in [-0.1, -0.05) is 25.0 Å². The molecule has 2 aromatic rings. The molecule has 1 heterocycles. The molecule has 22 heavy (non-hydrogen) atoms. The van der Waals surface area contributed by atoms with Crippen LogP contribution in [0.3, 0.4) is 0 Å². The molecule has 1 saturated carbocycles. The van der Waals surface area contributed by atoms with E-state index in [1.165, 1.54) is 42.5 Å². The number of hydrogen-bond acceptors (Lipinski definition) is 2. The average molecular weight is 314 g/mol. The number of rotatable bonds is 2. The lowest BCUT2D eigenvalue weighted by Crippen LogP contribution is -2.01. The van der Waals surface area contributed by atoms with Crippen molar-refractivity contribution in [2.24, 2.45) is 0 Å². The zero-order valence-corrected chi connectivity index (χ0v) is 13.4. The molecule has 114 valence electrons. The third kappa shape index (κ3) is 3.58. The second kappa shape index (κ2) is 7.82. The van der Waals surface area contributed by atoms with Gasteiger partial charge in [-0.25, -0.2) is 4.98 Å². The van der Waals surface area contributed by atoms with Crippen LogP contribution in [-0.2, 0) is 0 Å². The molecule has 0 N–H and O–H groups in total. The fourth-order valence-electron chi connectivity index (χ4n) is 3.02. The van der Waals surface area contributed by atoms with Crippen molar-refractivity contribution in [1.29, 1.82) is 5.26 Å². The summed E-state index contributed by atoms with van der Waals surface area (Å²) in [6.07, 6.45) is 13.2. The van der Waals surface area contributed by atoms with Crippen LogP contribution in [0.4, 0.5) is 0 Å². The number of halogens is 1. The minimum Gasteiger partial charge on any atom is -0.306 e. The highest BCUT2D eigenvalue weighted by atomic mass is 35.5. The molecule has 4 heteroatoms. The summed E-state index contributed by atoms with van der Waals surface area (Å²) >= 11 is 0. The number of benzene rings is 1. The zero-order chi connectivity index (χ0) is 14.5. The summed E-state index contributed by atoms with van der Waals surface area (Å²) in [5, 5.41) is 8.96. The Kier molecular flexibility index (Phi) is 5.80. The van der Waals surface area contributed by atoms with E-state index in [-0.39, 0.29) is 12.4 Å². The zero-order valence-electron chi connectivity index (χ0n) is 12.5. The van der Waals surface area contributed by atoms with E-state index < -0.39 is 0 Å². The van der Waals surface area contributed by atoms with Gasteiger partial charge in [-0.3, -0.25) is 0 Å². The van der Waals surface area contributed by atoms with Gasteiger partial charge in [-0.2, -0.15) is 5.26 Å².